The van der Waals surface area contributed by atoms with Crippen LogP contribution in [0.25, 0.3) is 22.7 Å². The number of fused-ring (bicyclic) bond motifs is 16. The van der Waals surface area contributed by atoms with Crippen molar-refractivity contribution in [2.24, 2.45) is 0 Å². The first kappa shape index (κ1) is 32.7. The number of nitrogens with zero attached hydrogens (tertiary/aromatic N) is 14. The number of rotatable bonds is 4. The molecule has 0 saturated heterocycles. The molecule has 5 heterocycles. The Morgan fingerprint density at radius 2 is 0.941 bits per heavy atom. The molecule has 0 unspecified atom stereocenters. The summed E-state index contributed by atoms with van der Waals surface area (Å²) in [7, 11) is 1.32. The Morgan fingerprint density at radius 1 is 0.608 bits per heavy atom. The number of carbonyl (C=O) groups is 2. The number of ether oxygens (including phenoxy) is 1. The van der Waals surface area contributed by atoms with E-state index in [0.717, 1.165) is 0 Å². The minimum atomic E-state index is -0.530. The van der Waals surface area contributed by atoms with Gasteiger partial charge in [0.05, 0.1) is 96.1 Å². The van der Waals surface area contributed by atoms with Crippen LogP contribution >= 0.6 is 0 Å². The van der Waals surface area contributed by atoms with Gasteiger partial charge in [-0.3, -0.25) is 14.6 Å². The highest BCUT2D eigenvalue weighted by atomic mass is 16.5. The molecular weight excluding hydrogens is 652 g/mol. The number of hydrogen-bond donors (Lipinski definition) is 0. The molecule has 0 atom stereocenters. The maximum absolute atomic E-state index is 12.7. The van der Waals surface area contributed by atoms with Crippen LogP contribution in [-0.4, -0.2) is 102 Å². The van der Waals surface area contributed by atoms with Gasteiger partial charge < -0.3 is 4.74 Å². The van der Waals surface area contributed by atoms with Gasteiger partial charge in [0.25, 0.3) is 0 Å². The molecule has 0 fully saturated rings. The lowest BCUT2D eigenvalue weighted by Crippen LogP contribution is -2.23. The molecule has 2 aromatic carbocycles. The van der Waals surface area contributed by atoms with Gasteiger partial charge >= 0.3 is 5.97 Å². The summed E-state index contributed by atoms with van der Waals surface area (Å²) in [6, 6.07) is 10.4. The number of terminal acetylenes is 2. The lowest BCUT2D eigenvalue weighted by Gasteiger charge is -2.16. The second-order valence-corrected chi connectivity index (χ2v) is 11.8. The van der Waals surface area contributed by atoms with E-state index >= 15 is 0 Å². The predicted octanol–water partition coefficient (Wildman–Crippen LogP) is 1.58. The summed E-state index contributed by atoms with van der Waals surface area (Å²) < 4.78 is 11.3. The van der Waals surface area contributed by atoms with Gasteiger partial charge in [0, 0.05) is 31.7 Å². The second-order valence-electron chi connectivity index (χ2n) is 11.8. The first-order valence-electron chi connectivity index (χ1n) is 15.7. The zero-order chi connectivity index (χ0) is 35.5. The van der Waals surface area contributed by atoms with Gasteiger partial charge in [-0.15, -0.1) is 33.2 Å². The van der Waals surface area contributed by atoms with Crippen molar-refractivity contribution < 1.29 is 14.3 Å². The fourth-order valence-corrected chi connectivity index (χ4v) is 5.66. The zero-order valence-electron chi connectivity index (χ0n) is 27.7. The smallest absolute Gasteiger partial charge is 0.338 e. The Hall–Kier alpha value is -6.82. The predicted molar refractivity (Wildman–Crippen MR) is 180 cm³/mol. The fraction of sp³-hybridized carbons (Fsp3) is 0.235. The highest BCUT2D eigenvalue weighted by Gasteiger charge is 2.18. The highest BCUT2D eigenvalue weighted by Crippen LogP contribution is 2.21. The monoisotopic (exact) mass is 682 g/mol. The number of benzene rings is 2. The van der Waals surface area contributed by atoms with Gasteiger partial charge in [0.2, 0.25) is 0 Å². The highest BCUT2D eigenvalue weighted by molar-refractivity contribution is 5.95. The molecule has 0 radical (unpaired) electrons. The molecule has 6 aromatic rings. The fourth-order valence-electron chi connectivity index (χ4n) is 5.66. The molecule has 0 aliphatic carbocycles. The molecule has 12 bridgehead atoms. The molecule has 17 nitrogen and oxygen atoms in total. The lowest BCUT2D eigenvalue weighted by molar-refractivity contribution is 0.0600. The summed E-state index contributed by atoms with van der Waals surface area (Å²) >= 11 is 0. The molecule has 17 heteroatoms. The zero-order valence-corrected chi connectivity index (χ0v) is 27.7. The molecule has 0 saturated carbocycles. The Kier molecular flexibility index (Phi) is 8.96. The van der Waals surface area contributed by atoms with Gasteiger partial charge in [-0.2, -0.15) is 0 Å². The SMILES string of the molecule is C#CCN1Cc2cn(nn2)-c2cc(C(C)=O)cc(c2)-n2cc(nn2)CN(CC#C)Cc2cn(nn2)-c2cc(C(=O)OC)cc(c2)-n2cc(nn2)C1. The van der Waals surface area contributed by atoms with Gasteiger partial charge in [-0.1, -0.05) is 32.7 Å². The van der Waals surface area contributed by atoms with E-state index in [4.69, 9.17) is 17.6 Å². The first-order chi connectivity index (χ1) is 24.8. The maximum Gasteiger partial charge on any atom is 0.338 e. The second kappa shape index (κ2) is 14.0. The minimum Gasteiger partial charge on any atom is -0.465 e. The van der Waals surface area contributed by atoms with Gasteiger partial charge in [0.15, 0.2) is 5.78 Å². The summed E-state index contributed by atoms with van der Waals surface area (Å²) in [5.74, 6) is 4.72. The van der Waals surface area contributed by atoms with Crippen molar-refractivity contribution in [3.63, 3.8) is 0 Å². The summed E-state index contributed by atoms with van der Waals surface area (Å²) in [5.41, 5.74) is 5.61. The molecule has 4 aromatic heterocycles. The van der Waals surface area contributed by atoms with Crippen molar-refractivity contribution >= 4 is 11.8 Å². The van der Waals surface area contributed by atoms with Crippen molar-refractivity contribution in [2.75, 3.05) is 20.2 Å². The van der Waals surface area contributed by atoms with Gasteiger partial charge in [-0.25, -0.2) is 23.5 Å². The van der Waals surface area contributed by atoms with E-state index in [0.29, 0.717) is 90.4 Å². The van der Waals surface area contributed by atoms with Crippen LogP contribution in [0, 0.1) is 24.7 Å². The van der Waals surface area contributed by atoms with Crippen LogP contribution in [0.5, 0.6) is 0 Å². The standard InChI is InChI=1S/C34H30N14O3/c1-5-7-43-15-26-19-45(39-35-26)30-9-24(23(3)49)10-31(13-30)46-20-27(36-40-46)16-44(8-6-2)18-29-22-48(42-38-29)33-12-25(34(50)51-4)11-32(14-33)47-21-28(17-43)37-41-47/h1-2,9-14,19-22H,7-8,15-18H2,3-4H3. The van der Waals surface area contributed by atoms with E-state index in [-0.39, 0.29) is 11.3 Å². The Bertz CT molecular complexity index is 2190. The van der Waals surface area contributed by atoms with Crippen molar-refractivity contribution in [1.29, 1.82) is 0 Å². The van der Waals surface area contributed by atoms with Crippen LogP contribution in [0.15, 0.2) is 61.2 Å². The van der Waals surface area contributed by atoms with E-state index in [1.807, 2.05) is 21.9 Å². The van der Waals surface area contributed by atoms with Crippen molar-refractivity contribution in [3.05, 3.63) is 95.1 Å². The molecule has 254 valence electrons. The van der Waals surface area contributed by atoms with E-state index in [2.05, 4.69) is 53.1 Å². The van der Waals surface area contributed by atoms with Crippen LogP contribution < -0.4 is 0 Å². The van der Waals surface area contributed by atoms with Gasteiger partial charge in [0.1, 0.15) is 0 Å². The van der Waals surface area contributed by atoms with Crippen LogP contribution in [0.4, 0.5) is 0 Å². The number of methoxy groups -OCH3 is 1. The molecule has 51 heavy (non-hydrogen) atoms. The third-order valence-corrected chi connectivity index (χ3v) is 8.03. The Morgan fingerprint density at radius 3 is 1.24 bits per heavy atom. The number of aromatic nitrogens is 12. The number of Topliss-reactive ketones (excluding diaryl/α,β-unsaturated/α-hetero) is 1. The number of hydrogen-bond acceptors (Lipinski definition) is 13. The summed E-state index contributed by atoms with van der Waals surface area (Å²) in [5, 5.41) is 34.8. The molecule has 1 aliphatic rings. The first-order valence-corrected chi connectivity index (χ1v) is 15.7. The third kappa shape index (κ3) is 7.15. The van der Waals surface area contributed by atoms with E-state index < -0.39 is 5.97 Å². The van der Waals surface area contributed by atoms with Crippen LogP contribution in [-0.2, 0) is 30.9 Å². The molecular formula is C34H30N14O3. The maximum atomic E-state index is 12.7. The Balaban J connectivity index is 1.32. The summed E-state index contributed by atoms with van der Waals surface area (Å²) in [6.07, 6.45) is 18.5. The Labute approximate surface area is 291 Å². The van der Waals surface area contributed by atoms with Crippen LogP contribution in [0.2, 0.25) is 0 Å². The van der Waals surface area contributed by atoms with Crippen LogP contribution in [0.1, 0.15) is 50.4 Å². The molecule has 1 aliphatic heterocycles. The van der Waals surface area contributed by atoms with E-state index in [1.165, 1.54) is 14.0 Å². The van der Waals surface area contributed by atoms with Crippen molar-refractivity contribution in [1.82, 2.24) is 69.8 Å². The van der Waals surface area contributed by atoms with Gasteiger partial charge in [-0.05, 0) is 43.3 Å². The van der Waals surface area contributed by atoms with Crippen molar-refractivity contribution in [3.8, 4) is 47.4 Å². The molecule has 0 N–H and O–H groups in total. The topological polar surface area (TPSA) is 173 Å². The number of ketones is 1. The number of esters is 1. The van der Waals surface area contributed by atoms with E-state index in [1.54, 1.807) is 67.8 Å². The molecule has 7 rings (SSSR count). The van der Waals surface area contributed by atoms with Crippen LogP contribution in [0.3, 0.4) is 0 Å². The normalized spacial score (nSPS) is 13.5. The number of carbonyl (C=O) groups excluding carboxylic acids is 2. The average molecular weight is 683 g/mol. The quantitative estimate of drug-likeness (QED) is 0.149. The van der Waals surface area contributed by atoms with E-state index in [9.17, 15) is 9.59 Å². The largest absolute Gasteiger partial charge is 0.465 e. The molecule has 0 amide bonds. The third-order valence-electron chi connectivity index (χ3n) is 8.03. The average Bonchev–Trinajstić information content (AvgIpc) is 3.96. The molecule has 0 spiro atoms. The minimum absolute atomic E-state index is 0.124. The summed E-state index contributed by atoms with van der Waals surface area (Å²) in [4.78, 5) is 29.2. The lowest BCUT2D eigenvalue weighted by atomic mass is 10.1. The summed E-state index contributed by atoms with van der Waals surface area (Å²) in [6.45, 7) is 3.50. The van der Waals surface area contributed by atoms with Crippen molar-refractivity contribution in [2.45, 2.75) is 33.1 Å².